The van der Waals surface area contributed by atoms with E-state index in [0.717, 1.165) is 29.9 Å². The molecule has 26 heavy (non-hydrogen) atoms. The zero-order valence-corrected chi connectivity index (χ0v) is 16.8. The van der Waals surface area contributed by atoms with Gasteiger partial charge in [-0.25, -0.2) is 0 Å². The molecule has 2 aromatic carbocycles. The molecule has 140 valence electrons. The Morgan fingerprint density at radius 3 is 1.58 bits per heavy atom. The zero-order valence-electron chi connectivity index (χ0n) is 16.8. The van der Waals surface area contributed by atoms with Crippen LogP contribution in [0.1, 0.15) is 68.7 Å². The number of benzene rings is 2. The molecule has 2 nitrogen and oxygen atoms in total. The molecule has 0 unspecified atom stereocenters. The lowest BCUT2D eigenvalue weighted by Gasteiger charge is -2.45. The van der Waals surface area contributed by atoms with E-state index in [0.29, 0.717) is 16.9 Å². The second-order valence-corrected chi connectivity index (χ2v) is 9.22. The zero-order chi connectivity index (χ0) is 19.1. The molecule has 1 fully saturated rings. The van der Waals surface area contributed by atoms with Crippen LogP contribution in [0.25, 0.3) is 0 Å². The highest BCUT2D eigenvalue weighted by atomic mass is 16.3. The van der Waals surface area contributed by atoms with Crippen LogP contribution in [0.3, 0.4) is 0 Å². The molecule has 2 heteroatoms. The minimum Gasteiger partial charge on any atom is -0.508 e. The van der Waals surface area contributed by atoms with Gasteiger partial charge in [-0.15, -0.1) is 0 Å². The number of phenolic OH excluding ortho intramolecular Hbond substituents is 2. The summed E-state index contributed by atoms with van der Waals surface area (Å²) < 4.78 is 0. The SMILES string of the molecule is Cc1cc(C2(c3ccc(O)c(C)c3)CCC(C(C)(C)C)CC2)ccc1O. The van der Waals surface area contributed by atoms with Gasteiger partial charge in [-0.2, -0.15) is 0 Å². The lowest BCUT2D eigenvalue weighted by atomic mass is 9.59. The molecule has 3 rings (SSSR count). The van der Waals surface area contributed by atoms with Crippen molar-refractivity contribution in [1.29, 1.82) is 0 Å². The van der Waals surface area contributed by atoms with Crippen molar-refractivity contribution in [2.75, 3.05) is 0 Å². The standard InChI is InChI=1S/C24H32O2/c1-16-14-19(6-8-21(16)25)24(20-7-9-22(26)17(2)15-20)12-10-18(11-13-24)23(3,4)5/h6-9,14-15,18,25-26H,10-13H2,1-5H3. The van der Waals surface area contributed by atoms with Crippen molar-refractivity contribution in [1.82, 2.24) is 0 Å². The Morgan fingerprint density at radius 2 is 1.23 bits per heavy atom. The Balaban J connectivity index is 2.08. The summed E-state index contributed by atoms with van der Waals surface area (Å²) in [6.45, 7) is 11.0. The van der Waals surface area contributed by atoms with E-state index in [4.69, 9.17) is 0 Å². The van der Waals surface area contributed by atoms with Gasteiger partial charge in [-0.3, -0.25) is 0 Å². The van der Waals surface area contributed by atoms with Gasteiger partial charge in [0, 0.05) is 5.41 Å². The van der Waals surface area contributed by atoms with Crippen molar-refractivity contribution in [3.8, 4) is 11.5 Å². The van der Waals surface area contributed by atoms with Crippen LogP contribution in [-0.2, 0) is 5.41 Å². The van der Waals surface area contributed by atoms with Crippen LogP contribution in [0.5, 0.6) is 11.5 Å². The molecule has 2 aromatic rings. The molecular weight excluding hydrogens is 320 g/mol. The van der Waals surface area contributed by atoms with Gasteiger partial charge >= 0.3 is 0 Å². The van der Waals surface area contributed by atoms with E-state index in [1.165, 1.54) is 24.0 Å². The van der Waals surface area contributed by atoms with Crippen LogP contribution in [0.2, 0.25) is 0 Å². The highest BCUT2D eigenvalue weighted by Crippen LogP contribution is 2.51. The van der Waals surface area contributed by atoms with Gasteiger partial charge in [0.2, 0.25) is 0 Å². The fourth-order valence-corrected chi connectivity index (χ4v) is 4.63. The van der Waals surface area contributed by atoms with Crippen LogP contribution in [0.15, 0.2) is 36.4 Å². The predicted octanol–water partition coefficient (Wildman–Crippen LogP) is 6.24. The number of aromatic hydroxyl groups is 2. The molecule has 0 radical (unpaired) electrons. The third kappa shape index (κ3) is 3.34. The molecule has 0 atom stereocenters. The summed E-state index contributed by atoms with van der Waals surface area (Å²) in [6, 6.07) is 12.1. The van der Waals surface area contributed by atoms with E-state index in [9.17, 15) is 10.2 Å². The van der Waals surface area contributed by atoms with E-state index in [1.807, 2.05) is 26.0 Å². The lowest BCUT2D eigenvalue weighted by molar-refractivity contribution is 0.146. The molecule has 0 spiro atoms. The van der Waals surface area contributed by atoms with Gasteiger partial charge in [0.05, 0.1) is 0 Å². The minimum absolute atomic E-state index is 0.0430. The van der Waals surface area contributed by atoms with Crippen LogP contribution < -0.4 is 0 Å². The van der Waals surface area contributed by atoms with Crippen molar-refractivity contribution in [2.45, 2.75) is 65.7 Å². The molecule has 1 aliphatic carbocycles. The molecule has 2 N–H and O–H groups in total. The maximum Gasteiger partial charge on any atom is 0.118 e. The first-order valence-corrected chi connectivity index (χ1v) is 9.74. The summed E-state index contributed by atoms with van der Waals surface area (Å²) in [4.78, 5) is 0. The first-order chi connectivity index (χ1) is 12.1. The smallest absolute Gasteiger partial charge is 0.118 e. The third-order valence-corrected chi connectivity index (χ3v) is 6.56. The van der Waals surface area contributed by atoms with E-state index in [2.05, 4.69) is 45.0 Å². The van der Waals surface area contributed by atoms with E-state index in [-0.39, 0.29) is 5.41 Å². The van der Waals surface area contributed by atoms with Crippen molar-refractivity contribution >= 4 is 0 Å². The Kier molecular flexibility index (Phi) is 4.81. The van der Waals surface area contributed by atoms with Crippen molar-refractivity contribution in [3.63, 3.8) is 0 Å². The number of hydrogen-bond acceptors (Lipinski definition) is 2. The summed E-state index contributed by atoms with van der Waals surface area (Å²) in [5, 5.41) is 20.0. The topological polar surface area (TPSA) is 40.5 Å². The van der Waals surface area contributed by atoms with Gasteiger partial charge in [-0.05, 0) is 85.3 Å². The maximum atomic E-state index is 9.99. The Bertz CT molecular complexity index is 737. The monoisotopic (exact) mass is 352 g/mol. The molecule has 0 heterocycles. The number of hydrogen-bond donors (Lipinski definition) is 2. The largest absolute Gasteiger partial charge is 0.508 e. The Labute approximate surface area is 157 Å². The Morgan fingerprint density at radius 1 is 0.808 bits per heavy atom. The lowest BCUT2D eigenvalue weighted by Crippen LogP contribution is -2.36. The van der Waals surface area contributed by atoms with Gasteiger partial charge in [-0.1, -0.05) is 45.0 Å². The van der Waals surface area contributed by atoms with Crippen molar-refractivity contribution in [3.05, 3.63) is 58.7 Å². The van der Waals surface area contributed by atoms with E-state index in [1.54, 1.807) is 0 Å². The molecule has 0 amide bonds. The first-order valence-electron chi connectivity index (χ1n) is 9.74. The quantitative estimate of drug-likeness (QED) is 0.672. The molecule has 0 aliphatic heterocycles. The number of aryl methyl sites for hydroxylation is 2. The molecule has 0 bridgehead atoms. The summed E-state index contributed by atoms with van der Waals surface area (Å²) in [6.07, 6.45) is 4.60. The highest BCUT2D eigenvalue weighted by molar-refractivity contribution is 5.48. The van der Waals surface area contributed by atoms with Gasteiger partial charge in [0.15, 0.2) is 0 Å². The molecular formula is C24H32O2. The molecule has 1 saturated carbocycles. The second kappa shape index (κ2) is 6.64. The van der Waals surface area contributed by atoms with Crippen molar-refractivity contribution in [2.24, 2.45) is 11.3 Å². The van der Waals surface area contributed by atoms with E-state index >= 15 is 0 Å². The average Bonchev–Trinajstić information content (AvgIpc) is 2.59. The van der Waals surface area contributed by atoms with Crippen LogP contribution in [0.4, 0.5) is 0 Å². The molecule has 0 saturated heterocycles. The maximum absolute atomic E-state index is 9.99. The summed E-state index contributed by atoms with van der Waals surface area (Å²) in [5.41, 5.74) is 4.71. The van der Waals surface area contributed by atoms with Crippen LogP contribution >= 0.6 is 0 Å². The number of rotatable bonds is 2. The van der Waals surface area contributed by atoms with Crippen molar-refractivity contribution < 1.29 is 10.2 Å². The first kappa shape index (κ1) is 18.8. The summed E-state index contributed by atoms with van der Waals surface area (Å²) in [5.74, 6) is 1.44. The summed E-state index contributed by atoms with van der Waals surface area (Å²) in [7, 11) is 0. The highest BCUT2D eigenvalue weighted by Gasteiger charge is 2.41. The fourth-order valence-electron chi connectivity index (χ4n) is 4.63. The number of phenols is 2. The molecule has 1 aliphatic rings. The van der Waals surface area contributed by atoms with Gasteiger partial charge in [0.1, 0.15) is 11.5 Å². The van der Waals surface area contributed by atoms with E-state index < -0.39 is 0 Å². The third-order valence-electron chi connectivity index (χ3n) is 6.56. The summed E-state index contributed by atoms with van der Waals surface area (Å²) >= 11 is 0. The Hall–Kier alpha value is -1.96. The van der Waals surface area contributed by atoms with Gasteiger partial charge < -0.3 is 10.2 Å². The average molecular weight is 353 g/mol. The normalized spacial score (nSPS) is 18.0. The fraction of sp³-hybridized carbons (Fsp3) is 0.500. The van der Waals surface area contributed by atoms with Crippen LogP contribution in [0, 0.1) is 25.2 Å². The minimum atomic E-state index is -0.0430. The van der Waals surface area contributed by atoms with Gasteiger partial charge in [0.25, 0.3) is 0 Å². The predicted molar refractivity (Wildman–Crippen MR) is 108 cm³/mol. The second-order valence-electron chi connectivity index (χ2n) is 9.22. The molecule has 0 aromatic heterocycles. The van der Waals surface area contributed by atoms with Crippen LogP contribution in [-0.4, -0.2) is 10.2 Å².